The summed E-state index contributed by atoms with van der Waals surface area (Å²) >= 11 is 0. The van der Waals surface area contributed by atoms with E-state index in [1.165, 1.54) is 36.4 Å². The highest BCUT2D eigenvalue weighted by Gasteiger charge is 2.35. The maximum Gasteiger partial charge on any atom is 0.214 e. The summed E-state index contributed by atoms with van der Waals surface area (Å²) in [6, 6.07) is 15.2. The van der Waals surface area contributed by atoms with Gasteiger partial charge < -0.3 is 0 Å². The monoisotopic (exact) mass is 532 g/mol. The number of ketones is 2. The van der Waals surface area contributed by atoms with Gasteiger partial charge in [0.1, 0.15) is 11.4 Å². The van der Waals surface area contributed by atoms with E-state index in [1.807, 2.05) is 0 Å². The number of fused-ring (bicyclic) bond motifs is 1. The van der Waals surface area contributed by atoms with E-state index in [2.05, 4.69) is 9.97 Å². The molecule has 0 saturated heterocycles. The van der Waals surface area contributed by atoms with Crippen LogP contribution in [-0.4, -0.2) is 38.4 Å². The van der Waals surface area contributed by atoms with Crippen LogP contribution in [-0.2, 0) is 31.2 Å². The van der Waals surface area contributed by atoms with E-state index >= 15 is 0 Å². The molecule has 0 saturated carbocycles. The minimum absolute atomic E-state index is 0.00984. The molecule has 0 radical (unpaired) electrons. The van der Waals surface area contributed by atoms with Crippen molar-refractivity contribution in [2.75, 3.05) is 0 Å². The van der Waals surface area contributed by atoms with Gasteiger partial charge in [0.2, 0.25) is 11.6 Å². The number of carbonyl (C=O) groups is 2. The molecule has 0 amide bonds. The Labute approximate surface area is 213 Å². The molecular formula is C27H20N2O6S2. The summed E-state index contributed by atoms with van der Waals surface area (Å²) < 4.78 is 52.7. The zero-order valence-corrected chi connectivity index (χ0v) is 21.0. The third kappa shape index (κ3) is 4.73. The summed E-state index contributed by atoms with van der Waals surface area (Å²) in [5, 5.41) is 0. The van der Waals surface area contributed by atoms with Gasteiger partial charge in [0.15, 0.2) is 19.7 Å². The Morgan fingerprint density at radius 3 is 1.35 bits per heavy atom. The Kier molecular flexibility index (Phi) is 6.30. The summed E-state index contributed by atoms with van der Waals surface area (Å²) in [5.41, 5.74) is -0.685. The molecule has 0 N–H and O–H groups in total. The van der Waals surface area contributed by atoms with E-state index in [1.54, 1.807) is 48.6 Å². The van der Waals surface area contributed by atoms with Crippen molar-refractivity contribution in [2.24, 2.45) is 0 Å². The number of nitrogens with zero attached hydrogens (tertiary/aromatic N) is 2. The minimum Gasteiger partial charge on any atom is -0.287 e. The molecule has 0 bridgehead atoms. The van der Waals surface area contributed by atoms with E-state index in [9.17, 15) is 26.4 Å². The quantitative estimate of drug-likeness (QED) is 0.471. The first-order chi connectivity index (χ1) is 17.7. The standard InChI is InChI=1S/C27H20N2O6S2/c30-26-20-14-8-3-9-15-21(20)27(31)25-24(26)28-22(16-36(32,33)18-10-4-1-5-11-18)23(29-25)17-37(34,35)19-12-6-2-7-13-19/h1-2,4-15H,3,16-17H2. The lowest BCUT2D eigenvalue weighted by Crippen LogP contribution is -2.26. The lowest BCUT2D eigenvalue weighted by molar-refractivity contribution is 0.0972. The first kappa shape index (κ1) is 24.7. The molecule has 0 unspecified atom stereocenters. The second-order valence-electron chi connectivity index (χ2n) is 8.48. The average molecular weight is 533 g/mol. The Morgan fingerprint density at radius 2 is 0.973 bits per heavy atom. The highest BCUT2D eigenvalue weighted by atomic mass is 32.2. The van der Waals surface area contributed by atoms with Crippen LogP contribution in [0.2, 0.25) is 0 Å². The van der Waals surface area contributed by atoms with Gasteiger partial charge in [-0.15, -0.1) is 0 Å². The molecule has 2 aliphatic rings. The molecule has 0 fully saturated rings. The number of sulfone groups is 2. The molecule has 0 spiro atoms. The molecule has 3 aromatic rings. The van der Waals surface area contributed by atoms with Crippen LogP contribution < -0.4 is 0 Å². The van der Waals surface area contributed by atoms with Crippen LogP contribution in [0.25, 0.3) is 0 Å². The molecule has 2 aliphatic carbocycles. The van der Waals surface area contributed by atoms with Crippen molar-refractivity contribution >= 4 is 31.2 Å². The zero-order chi connectivity index (χ0) is 26.2. The van der Waals surface area contributed by atoms with Crippen molar-refractivity contribution in [2.45, 2.75) is 27.7 Å². The molecule has 0 atom stereocenters. The van der Waals surface area contributed by atoms with Gasteiger partial charge in [0.25, 0.3) is 0 Å². The summed E-state index contributed by atoms with van der Waals surface area (Å²) in [7, 11) is -7.95. The number of benzene rings is 2. The molecule has 1 aromatic heterocycles. The average Bonchev–Trinajstić information content (AvgIpc) is 3.15. The maximum atomic E-state index is 13.3. The molecule has 37 heavy (non-hydrogen) atoms. The van der Waals surface area contributed by atoms with Gasteiger partial charge in [-0.25, -0.2) is 26.8 Å². The van der Waals surface area contributed by atoms with Gasteiger partial charge >= 0.3 is 0 Å². The van der Waals surface area contributed by atoms with Crippen LogP contribution in [0.1, 0.15) is 38.8 Å². The fourth-order valence-electron chi connectivity index (χ4n) is 4.12. The van der Waals surface area contributed by atoms with Crippen molar-refractivity contribution in [3.63, 3.8) is 0 Å². The Morgan fingerprint density at radius 1 is 0.595 bits per heavy atom. The van der Waals surface area contributed by atoms with Gasteiger partial charge in [0, 0.05) is 11.1 Å². The number of allylic oxidation sites excluding steroid dienone is 6. The first-order valence-electron chi connectivity index (χ1n) is 11.3. The second-order valence-corrected chi connectivity index (χ2v) is 12.5. The van der Waals surface area contributed by atoms with Crippen LogP contribution >= 0.6 is 0 Å². The van der Waals surface area contributed by atoms with Gasteiger partial charge in [-0.2, -0.15) is 0 Å². The summed E-state index contributed by atoms with van der Waals surface area (Å²) in [5.74, 6) is -2.54. The van der Waals surface area contributed by atoms with Crippen LogP contribution in [0.15, 0.2) is 106 Å². The van der Waals surface area contributed by atoms with Crippen LogP contribution in [0.5, 0.6) is 0 Å². The van der Waals surface area contributed by atoms with Crippen molar-refractivity contribution in [1.82, 2.24) is 9.97 Å². The number of carbonyl (C=O) groups excluding carboxylic acids is 2. The fourth-order valence-corrected chi connectivity index (χ4v) is 6.78. The van der Waals surface area contributed by atoms with Crippen molar-refractivity contribution in [3.8, 4) is 0 Å². The molecule has 0 aliphatic heterocycles. The third-order valence-electron chi connectivity index (χ3n) is 5.96. The summed E-state index contributed by atoms with van der Waals surface area (Å²) in [6.45, 7) is 0. The highest BCUT2D eigenvalue weighted by Crippen LogP contribution is 2.30. The maximum absolute atomic E-state index is 13.3. The second kappa shape index (κ2) is 9.45. The largest absolute Gasteiger partial charge is 0.287 e. The lowest BCUT2D eigenvalue weighted by atomic mass is 9.89. The van der Waals surface area contributed by atoms with E-state index in [0.717, 1.165) is 0 Å². The van der Waals surface area contributed by atoms with E-state index < -0.39 is 42.7 Å². The molecule has 8 nitrogen and oxygen atoms in total. The molecule has 10 heteroatoms. The molecule has 5 rings (SSSR count). The zero-order valence-electron chi connectivity index (χ0n) is 19.4. The normalized spacial score (nSPS) is 15.4. The van der Waals surface area contributed by atoms with Crippen molar-refractivity contribution in [3.05, 3.63) is 119 Å². The Bertz CT molecular complexity index is 1610. The summed E-state index contributed by atoms with van der Waals surface area (Å²) in [4.78, 5) is 35.2. The van der Waals surface area contributed by atoms with E-state index in [-0.39, 0.29) is 43.7 Å². The topological polar surface area (TPSA) is 128 Å². The van der Waals surface area contributed by atoms with Crippen LogP contribution in [0.4, 0.5) is 0 Å². The minimum atomic E-state index is -3.97. The smallest absolute Gasteiger partial charge is 0.214 e. The van der Waals surface area contributed by atoms with E-state index in [0.29, 0.717) is 6.42 Å². The van der Waals surface area contributed by atoms with Gasteiger partial charge in [-0.05, 0) is 30.7 Å². The molecule has 2 aromatic carbocycles. The fraction of sp³-hybridized carbons (Fsp3) is 0.111. The Balaban J connectivity index is 1.67. The first-order valence-corrected chi connectivity index (χ1v) is 14.6. The molecule has 186 valence electrons. The summed E-state index contributed by atoms with van der Waals surface area (Å²) in [6.07, 6.45) is 7.04. The lowest BCUT2D eigenvalue weighted by Gasteiger charge is -2.19. The van der Waals surface area contributed by atoms with Gasteiger partial charge in [0.05, 0.1) is 32.7 Å². The predicted molar refractivity (Wildman–Crippen MR) is 135 cm³/mol. The van der Waals surface area contributed by atoms with Crippen molar-refractivity contribution in [1.29, 1.82) is 0 Å². The number of hydrogen-bond acceptors (Lipinski definition) is 8. The SMILES string of the molecule is O=C1C2=C(C=CCC=C2)C(=O)c2nc(CS(=O)(=O)c3ccccc3)c(CS(=O)(=O)c3ccccc3)nc21. The van der Waals surface area contributed by atoms with Crippen LogP contribution in [0, 0.1) is 0 Å². The number of Topliss-reactive ketones (excluding diaryl/α,β-unsaturated/α-hetero) is 2. The number of aromatic nitrogens is 2. The van der Waals surface area contributed by atoms with Gasteiger partial charge in [-0.3, -0.25) is 9.59 Å². The van der Waals surface area contributed by atoms with Crippen molar-refractivity contribution < 1.29 is 26.4 Å². The third-order valence-corrected chi connectivity index (χ3v) is 9.25. The number of hydrogen-bond donors (Lipinski definition) is 0. The van der Waals surface area contributed by atoms with Gasteiger partial charge in [-0.1, -0.05) is 60.7 Å². The predicted octanol–water partition coefficient (Wildman–Crippen LogP) is 3.62. The van der Waals surface area contributed by atoms with Crippen LogP contribution in [0.3, 0.4) is 0 Å². The Hall–Kier alpha value is -4.02. The number of rotatable bonds is 6. The highest BCUT2D eigenvalue weighted by molar-refractivity contribution is 7.91. The van der Waals surface area contributed by atoms with E-state index in [4.69, 9.17) is 0 Å². The molecule has 1 heterocycles. The molecular weight excluding hydrogens is 512 g/mol.